The monoisotopic (exact) mass is 258 g/mol. The molecule has 0 bridgehead atoms. The third kappa shape index (κ3) is 1.97. The Morgan fingerprint density at radius 1 is 1.16 bits per heavy atom. The molecule has 0 amide bonds. The quantitative estimate of drug-likeness (QED) is 0.705. The van der Waals surface area contributed by atoms with E-state index in [-0.39, 0.29) is 0 Å². The summed E-state index contributed by atoms with van der Waals surface area (Å²) in [6.45, 7) is 7.80. The lowest BCUT2D eigenvalue weighted by Gasteiger charge is -2.38. The molecule has 2 atom stereocenters. The average molecular weight is 258 g/mol. The third-order valence-corrected chi connectivity index (χ3v) is 4.86. The predicted octanol–water partition coefficient (Wildman–Crippen LogP) is 3.27. The number of fused-ring (bicyclic) bond motifs is 3. The van der Waals surface area contributed by atoms with Gasteiger partial charge in [-0.3, -0.25) is 0 Å². The van der Waals surface area contributed by atoms with E-state index in [0.29, 0.717) is 0 Å². The second-order valence-electron chi connectivity index (χ2n) is 5.88. The number of benzene rings is 1. The molecule has 2 nitrogen and oxygen atoms in total. The fourth-order valence-corrected chi connectivity index (χ4v) is 4.13. The lowest BCUT2D eigenvalue weighted by Crippen LogP contribution is -2.45. The summed E-state index contributed by atoms with van der Waals surface area (Å²) >= 11 is 0. The summed E-state index contributed by atoms with van der Waals surface area (Å²) in [5.74, 6) is 0.766. The highest BCUT2D eigenvalue weighted by molar-refractivity contribution is 5.68. The normalized spacial score (nSPS) is 28.3. The molecule has 104 valence electrons. The number of likely N-dealkylation sites (tertiary alicyclic amines) is 1. The van der Waals surface area contributed by atoms with Gasteiger partial charge in [-0.2, -0.15) is 0 Å². The van der Waals surface area contributed by atoms with Crippen LogP contribution in [0.2, 0.25) is 0 Å². The second kappa shape index (κ2) is 5.16. The summed E-state index contributed by atoms with van der Waals surface area (Å²) in [6.07, 6.45) is 3.97. The van der Waals surface area contributed by atoms with Crippen LogP contribution in [0.3, 0.4) is 0 Å². The highest BCUT2D eigenvalue weighted by atomic mass is 15.2. The molecule has 0 spiro atoms. The van der Waals surface area contributed by atoms with Crippen LogP contribution in [-0.4, -0.2) is 37.6 Å². The zero-order valence-electron chi connectivity index (χ0n) is 12.5. The zero-order chi connectivity index (χ0) is 13.4. The van der Waals surface area contributed by atoms with Gasteiger partial charge in [0.05, 0.1) is 0 Å². The van der Waals surface area contributed by atoms with Crippen LogP contribution in [0.1, 0.15) is 43.7 Å². The van der Waals surface area contributed by atoms with Crippen molar-refractivity contribution in [3.05, 3.63) is 29.3 Å². The third-order valence-electron chi connectivity index (χ3n) is 4.86. The van der Waals surface area contributed by atoms with Gasteiger partial charge in [0.15, 0.2) is 0 Å². The van der Waals surface area contributed by atoms with E-state index in [1.54, 1.807) is 16.8 Å². The molecule has 0 aliphatic carbocycles. The van der Waals surface area contributed by atoms with E-state index in [2.05, 4.69) is 35.0 Å². The van der Waals surface area contributed by atoms with Crippen molar-refractivity contribution in [1.29, 1.82) is 0 Å². The van der Waals surface area contributed by atoms with Crippen LogP contribution in [0.25, 0.3) is 0 Å². The molecule has 0 radical (unpaired) electrons. The van der Waals surface area contributed by atoms with Crippen molar-refractivity contribution in [2.24, 2.45) is 0 Å². The maximum absolute atomic E-state index is 2.73. The first kappa shape index (κ1) is 13.0. The van der Waals surface area contributed by atoms with Gasteiger partial charge in [0.25, 0.3) is 0 Å². The maximum Gasteiger partial charge on any atom is 0.0438 e. The summed E-state index contributed by atoms with van der Waals surface area (Å²) in [6, 6.07) is 7.78. The number of nitrogens with zero attached hydrogens (tertiary/aromatic N) is 2. The number of piperidine rings is 1. The Labute approximate surface area is 117 Å². The molecule has 0 N–H and O–H groups in total. The smallest absolute Gasteiger partial charge is 0.0438 e. The highest BCUT2D eigenvalue weighted by Gasteiger charge is 2.42. The van der Waals surface area contributed by atoms with E-state index in [0.717, 1.165) is 12.0 Å². The predicted molar refractivity (Wildman–Crippen MR) is 82.1 cm³/mol. The number of para-hydroxylation sites is 1. The van der Waals surface area contributed by atoms with Crippen LogP contribution < -0.4 is 4.90 Å². The molecule has 0 aromatic heterocycles. The Kier molecular flexibility index (Phi) is 3.53. The summed E-state index contributed by atoms with van der Waals surface area (Å²) in [5.41, 5.74) is 4.86. The van der Waals surface area contributed by atoms with Gasteiger partial charge >= 0.3 is 0 Å². The van der Waals surface area contributed by atoms with Gasteiger partial charge in [-0.15, -0.1) is 0 Å². The van der Waals surface area contributed by atoms with Crippen LogP contribution in [0.15, 0.2) is 18.2 Å². The largest absolute Gasteiger partial charge is 0.367 e. The highest BCUT2D eigenvalue weighted by Crippen LogP contribution is 2.47. The summed E-state index contributed by atoms with van der Waals surface area (Å²) in [5, 5.41) is 0. The van der Waals surface area contributed by atoms with E-state index in [4.69, 9.17) is 0 Å². The SMILES string of the molecule is CC.CN1CCC2C(C1)c1cccc3c1N2CCC3. The summed E-state index contributed by atoms with van der Waals surface area (Å²) in [4.78, 5) is 5.23. The molecule has 1 aromatic rings. The summed E-state index contributed by atoms with van der Waals surface area (Å²) < 4.78 is 0. The minimum atomic E-state index is 0.766. The molecular weight excluding hydrogens is 232 g/mol. The topological polar surface area (TPSA) is 6.48 Å². The molecule has 3 aliphatic heterocycles. The number of hydrogen-bond acceptors (Lipinski definition) is 2. The molecule has 3 heterocycles. The molecular formula is C17H26N2. The Morgan fingerprint density at radius 2 is 2.00 bits per heavy atom. The van der Waals surface area contributed by atoms with E-state index in [1.807, 2.05) is 13.8 Å². The standard InChI is InChI=1S/C15H20N2.C2H6/c1-16-9-7-14-13(10-16)12-6-2-4-11-5-3-8-17(14)15(11)12;1-2/h2,4,6,13-14H,3,5,7-10H2,1H3;1-2H3. The van der Waals surface area contributed by atoms with Crippen molar-refractivity contribution in [2.45, 2.75) is 45.1 Å². The lowest BCUT2D eigenvalue weighted by molar-refractivity contribution is 0.231. The van der Waals surface area contributed by atoms with E-state index in [1.165, 1.54) is 38.9 Å². The second-order valence-corrected chi connectivity index (χ2v) is 5.88. The lowest BCUT2D eigenvalue weighted by atomic mass is 9.89. The molecule has 2 unspecified atom stereocenters. The molecule has 2 heteroatoms. The molecule has 19 heavy (non-hydrogen) atoms. The average Bonchev–Trinajstić information content (AvgIpc) is 2.78. The molecule has 4 rings (SSSR count). The molecule has 0 saturated carbocycles. The van der Waals surface area contributed by atoms with Gasteiger partial charge in [-0.1, -0.05) is 32.0 Å². The molecule has 1 saturated heterocycles. The number of aryl methyl sites for hydroxylation is 1. The molecule has 3 aliphatic rings. The Balaban J connectivity index is 0.000000528. The van der Waals surface area contributed by atoms with E-state index >= 15 is 0 Å². The van der Waals surface area contributed by atoms with Crippen molar-refractivity contribution < 1.29 is 0 Å². The molecule has 1 fully saturated rings. The van der Waals surface area contributed by atoms with Crippen LogP contribution in [0.4, 0.5) is 5.69 Å². The van der Waals surface area contributed by atoms with Gasteiger partial charge in [0.1, 0.15) is 0 Å². The first-order chi connectivity index (χ1) is 9.34. The molecule has 1 aromatic carbocycles. The fourth-order valence-electron chi connectivity index (χ4n) is 4.13. The van der Waals surface area contributed by atoms with Crippen molar-refractivity contribution in [2.75, 3.05) is 31.6 Å². The van der Waals surface area contributed by atoms with Gasteiger partial charge in [-0.05, 0) is 44.0 Å². The first-order valence-corrected chi connectivity index (χ1v) is 7.91. The van der Waals surface area contributed by atoms with Crippen molar-refractivity contribution in [3.63, 3.8) is 0 Å². The van der Waals surface area contributed by atoms with E-state index in [9.17, 15) is 0 Å². The van der Waals surface area contributed by atoms with Crippen molar-refractivity contribution >= 4 is 5.69 Å². The minimum absolute atomic E-state index is 0.766. The van der Waals surface area contributed by atoms with Crippen LogP contribution in [0.5, 0.6) is 0 Å². The van der Waals surface area contributed by atoms with Crippen molar-refractivity contribution in [1.82, 2.24) is 4.90 Å². The summed E-state index contributed by atoms with van der Waals surface area (Å²) in [7, 11) is 2.27. The number of anilines is 1. The van der Waals surface area contributed by atoms with Crippen molar-refractivity contribution in [3.8, 4) is 0 Å². The first-order valence-electron chi connectivity index (χ1n) is 7.91. The Morgan fingerprint density at radius 3 is 2.84 bits per heavy atom. The number of hydrogen-bond donors (Lipinski definition) is 0. The Bertz CT molecular complexity index is 455. The van der Waals surface area contributed by atoms with Crippen LogP contribution in [-0.2, 0) is 6.42 Å². The minimum Gasteiger partial charge on any atom is -0.367 e. The van der Waals surface area contributed by atoms with Gasteiger partial charge in [0.2, 0.25) is 0 Å². The Hall–Kier alpha value is -1.02. The number of likely N-dealkylation sites (N-methyl/N-ethyl adjacent to an activating group) is 1. The van der Waals surface area contributed by atoms with Gasteiger partial charge < -0.3 is 9.80 Å². The van der Waals surface area contributed by atoms with Crippen LogP contribution in [0, 0.1) is 0 Å². The number of rotatable bonds is 0. The zero-order valence-corrected chi connectivity index (χ0v) is 12.5. The van der Waals surface area contributed by atoms with Gasteiger partial charge in [-0.25, -0.2) is 0 Å². The van der Waals surface area contributed by atoms with E-state index < -0.39 is 0 Å². The fraction of sp³-hybridized carbons (Fsp3) is 0.647. The van der Waals surface area contributed by atoms with Gasteiger partial charge in [0, 0.05) is 30.7 Å². The van der Waals surface area contributed by atoms with Crippen LogP contribution >= 0.6 is 0 Å². The maximum atomic E-state index is 2.73.